The molecular formula is C13H19ClN2O4. The lowest BCUT2D eigenvalue weighted by atomic mass is 10.2. The number of hydrogen-bond acceptors (Lipinski definition) is 5. The largest absolute Gasteiger partial charge is 0.497 e. The van der Waals surface area contributed by atoms with E-state index in [9.17, 15) is 9.90 Å². The van der Waals surface area contributed by atoms with Crippen LogP contribution < -0.4 is 20.1 Å². The first-order valence-corrected chi connectivity index (χ1v) is 6.07. The zero-order valence-electron chi connectivity index (χ0n) is 11.4. The van der Waals surface area contributed by atoms with Crippen LogP contribution in [0.4, 0.5) is 5.69 Å². The van der Waals surface area contributed by atoms with Gasteiger partial charge in [-0.1, -0.05) is 0 Å². The Kier molecular flexibility index (Phi) is 6.06. The van der Waals surface area contributed by atoms with E-state index in [1.54, 1.807) is 32.4 Å². The van der Waals surface area contributed by atoms with Crippen molar-refractivity contribution in [3.8, 4) is 11.5 Å². The van der Waals surface area contributed by atoms with Crippen LogP contribution in [0.5, 0.6) is 11.5 Å². The highest BCUT2D eigenvalue weighted by Crippen LogP contribution is 2.26. The number of rotatable bonds is 4. The van der Waals surface area contributed by atoms with Crippen LogP contribution in [0, 0.1) is 0 Å². The summed E-state index contributed by atoms with van der Waals surface area (Å²) in [5.41, 5.74) is 0.601. The van der Waals surface area contributed by atoms with Gasteiger partial charge in [0.15, 0.2) is 0 Å². The van der Waals surface area contributed by atoms with E-state index >= 15 is 0 Å². The van der Waals surface area contributed by atoms with Crippen LogP contribution in [0.2, 0.25) is 0 Å². The molecule has 0 spiro atoms. The van der Waals surface area contributed by atoms with Crippen LogP contribution in [0.1, 0.15) is 6.42 Å². The fraction of sp³-hybridized carbons (Fsp3) is 0.462. The summed E-state index contributed by atoms with van der Waals surface area (Å²) in [7, 11) is 3.10. The Labute approximate surface area is 123 Å². The molecule has 1 aromatic carbocycles. The van der Waals surface area contributed by atoms with Crippen molar-refractivity contribution in [3.05, 3.63) is 18.2 Å². The Hall–Kier alpha value is -1.50. The lowest BCUT2D eigenvalue weighted by Gasteiger charge is -2.13. The maximum atomic E-state index is 12.0. The lowest BCUT2D eigenvalue weighted by Crippen LogP contribution is -2.35. The summed E-state index contributed by atoms with van der Waals surface area (Å²) in [6.45, 7) is 0.444. The van der Waals surface area contributed by atoms with Crippen LogP contribution >= 0.6 is 12.4 Å². The first-order valence-electron chi connectivity index (χ1n) is 6.07. The highest BCUT2D eigenvalue weighted by Gasteiger charge is 2.28. The Morgan fingerprint density at radius 3 is 2.35 bits per heavy atom. The molecule has 2 rings (SSSR count). The maximum absolute atomic E-state index is 12.0. The number of benzene rings is 1. The van der Waals surface area contributed by atoms with Gasteiger partial charge in [-0.15, -0.1) is 12.4 Å². The Bertz CT molecular complexity index is 447. The number of nitrogens with one attached hydrogen (secondary N) is 2. The second-order valence-corrected chi connectivity index (χ2v) is 4.44. The number of carbonyl (C=O) groups excluding carboxylic acids is 1. The van der Waals surface area contributed by atoms with Gasteiger partial charge in [-0.25, -0.2) is 0 Å². The van der Waals surface area contributed by atoms with E-state index in [4.69, 9.17) is 9.47 Å². The fourth-order valence-corrected chi connectivity index (χ4v) is 2.03. The van der Waals surface area contributed by atoms with Gasteiger partial charge in [0, 0.05) is 30.4 Å². The van der Waals surface area contributed by atoms with E-state index in [-0.39, 0.29) is 24.4 Å². The van der Waals surface area contributed by atoms with Crippen molar-refractivity contribution in [2.24, 2.45) is 0 Å². The van der Waals surface area contributed by atoms with Crippen molar-refractivity contribution in [1.82, 2.24) is 5.32 Å². The van der Waals surface area contributed by atoms with Gasteiger partial charge in [-0.05, 0) is 6.42 Å². The summed E-state index contributed by atoms with van der Waals surface area (Å²) in [5, 5.41) is 15.1. The van der Waals surface area contributed by atoms with Crippen molar-refractivity contribution in [2.75, 3.05) is 26.1 Å². The minimum absolute atomic E-state index is 0. The predicted octanol–water partition coefficient (Wildman–Crippen LogP) is 0.787. The van der Waals surface area contributed by atoms with Gasteiger partial charge in [0.25, 0.3) is 0 Å². The van der Waals surface area contributed by atoms with Gasteiger partial charge in [0.05, 0.1) is 26.4 Å². The number of halogens is 1. The first-order chi connectivity index (χ1) is 9.12. The molecule has 1 aromatic rings. The van der Waals surface area contributed by atoms with Crippen molar-refractivity contribution in [1.29, 1.82) is 0 Å². The van der Waals surface area contributed by atoms with Crippen LogP contribution in [-0.2, 0) is 4.79 Å². The topological polar surface area (TPSA) is 79.8 Å². The molecule has 0 bridgehead atoms. The number of ether oxygens (including phenoxy) is 2. The number of β-amino-alcohol motifs (C(OH)–C–C–N with tert-alkyl or cyclic N) is 1. The molecule has 1 aliphatic rings. The van der Waals surface area contributed by atoms with Gasteiger partial charge in [0.2, 0.25) is 5.91 Å². The van der Waals surface area contributed by atoms with Crippen LogP contribution in [0.25, 0.3) is 0 Å². The minimum Gasteiger partial charge on any atom is -0.497 e. The van der Waals surface area contributed by atoms with Gasteiger partial charge in [-0.2, -0.15) is 0 Å². The van der Waals surface area contributed by atoms with Crippen LogP contribution in [0.3, 0.4) is 0 Å². The molecule has 0 saturated carbocycles. The molecule has 112 valence electrons. The second kappa shape index (κ2) is 7.33. The lowest BCUT2D eigenvalue weighted by molar-refractivity contribution is -0.117. The molecule has 2 atom stereocenters. The van der Waals surface area contributed by atoms with E-state index in [1.165, 1.54) is 0 Å². The first kappa shape index (κ1) is 16.6. The smallest absolute Gasteiger partial charge is 0.241 e. The molecule has 2 unspecified atom stereocenters. The number of amides is 1. The van der Waals surface area contributed by atoms with Crippen LogP contribution in [-0.4, -0.2) is 43.9 Å². The van der Waals surface area contributed by atoms with Gasteiger partial charge < -0.3 is 25.2 Å². The molecule has 7 heteroatoms. The summed E-state index contributed by atoms with van der Waals surface area (Å²) in [4.78, 5) is 12.0. The molecule has 20 heavy (non-hydrogen) atoms. The third kappa shape index (κ3) is 4.00. The number of methoxy groups -OCH3 is 2. The number of aliphatic hydroxyl groups excluding tert-OH is 1. The highest BCUT2D eigenvalue weighted by atomic mass is 35.5. The molecule has 3 N–H and O–H groups in total. The average molecular weight is 303 g/mol. The van der Waals surface area contributed by atoms with Crippen molar-refractivity contribution < 1.29 is 19.4 Å². The number of carbonyl (C=O) groups is 1. The molecule has 1 aliphatic heterocycles. The minimum atomic E-state index is -0.462. The number of anilines is 1. The molecule has 1 heterocycles. The summed E-state index contributed by atoms with van der Waals surface area (Å²) in [5.74, 6) is 1.04. The summed E-state index contributed by atoms with van der Waals surface area (Å²) in [6, 6.07) is 4.79. The molecule has 1 amide bonds. The standard InChI is InChI=1S/C13H18N2O4.ClH/c1-18-10-3-8(4-11(6-10)19-2)15-13(17)12-5-9(16)7-14-12;/h3-4,6,9,12,14,16H,5,7H2,1-2H3,(H,15,17);1H. The summed E-state index contributed by atoms with van der Waals surface area (Å²) < 4.78 is 10.3. The molecule has 1 fully saturated rings. The normalized spacial score (nSPS) is 20.9. The SMILES string of the molecule is COc1cc(NC(=O)C2CC(O)CN2)cc(OC)c1.Cl. The zero-order valence-corrected chi connectivity index (χ0v) is 12.2. The maximum Gasteiger partial charge on any atom is 0.241 e. The van der Waals surface area contributed by atoms with Crippen LogP contribution in [0.15, 0.2) is 18.2 Å². The number of hydrogen-bond donors (Lipinski definition) is 3. The Morgan fingerprint density at radius 1 is 1.30 bits per heavy atom. The second-order valence-electron chi connectivity index (χ2n) is 4.44. The molecule has 0 radical (unpaired) electrons. The Morgan fingerprint density at radius 2 is 1.90 bits per heavy atom. The van der Waals surface area contributed by atoms with E-state index in [0.717, 1.165) is 0 Å². The van der Waals surface area contributed by atoms with Crippen molar-refractivity contribution >= 4 is 24.0 Å². The molecule has 1 saturated heterocycles. The van der Waals surface area contributed by atoms with E-state index in [0.29, 0.717) is 30.2 Å². The molecule has 6 nitrogen and oxygen atoms in total. The average Bonchev–Trinajstić information content (AvgIpc) is 2.85. The quantitative estimate of drug-likeness (QED) is 0.766. The molecule has 0 aromatic heterocycles. The third-order valence-electron chi connectivity index (χ3n) is 3.04. The zero-order chi connectivity index (χ0) is 13.8. The van der Waals surface area contributed by atoms with E-state index < -0.39 is 6.10 Å². The van der Waals surface area contributed by atoms with Gasteiger partial charge in [0.1, 0.15) is 11.5 Å². The van der Waals surface area contributed by atoms with Crippen molar-refractivity contribution in [3.63, 3.8) is 0 Å². The highest BCUT2D eigenvalue weighted by molar-refractivity contribution is 5.95. The van der Waals surface area contributed by atoms with E-state index in [2.05, 4.69) is 10.6 Å². The summed E-state index contributed by atoms with van der Waals surface area (Å²) in [6.07, 6.45) is -0.0389. The third-order valence-corrected chi connectivity index (χ3v) is 3.04. The van der Waals surface area contributed by atoms with Gasteiger partial charge >= 0.3 is 0 Å². The van der Waals surface area contributed by atoms with E-state index in [1.807, 2.05) is 0 Å². The molecule has 0 aliphatic carbocycles. The Balaban J connectivity index is 0.00000200. The predicted molar refractivity (Wildman–Crippen MR) is 77.8 cm³/mol. The fourth-order valence-electron chi connectivity index (χ4n) is 2.03. The number of aliphatic hydroxyl groups is 1. The van der Waals surface area contributed by atoms with Crippen molar-refractivity contribution in [2.45, 2.75) is 18.6 Å². The molecular weight excluding hydrogens is 284 g/mol. The van der Waals surface area contributed by atoms with Gasteiger partial charge in [-0.3, -0.25) is 4.79 Å². The summed E-state index contributed by atoms with van der Waals surface area (Å²) >= 11 is 0. The monoisotopic (exact) mass is 302 g/mol.